The van der Waals surface area contributed by atoms with Gasteiger partial charge in [0.1, 0.15) is 17.8 Å². The molecule has 0 saturated carbocycles. The molecular formula is C26H33N5O6. The van der Waals surface area contributed by atoms with Gasteiger partial charge in [-0.05, 0) is 42.2 Å². The highest BCUT2D eigenvalue weighted by molar-refractivity contribution is 5.97. The summed E-state index contributed by atoms with van der Waals surface area (Å²) >= 11 is 0. The highest BCUT2D eigenvalue weighted by atomic mass is 16.6. The van der Waals surface area contributed by atoms with E-state index in [0.29, 0.717) is 24.9 Å². The number of amides is 4. The van der Waals surface area contributed by atoms with Gasteiger partial charge in [-0.15, -0.1) is 0 Å². The van der Waals surface area contributed by atoms with Crippen LogP contribution in [-0.2, 0) is 36.8 Å². The monoisotopic (exact) mass is 511 g/mol. The lowest BCUT2D eigenvalue weighted by Crippen LogP contribution is -2.54. The maximum Gasteiger partial charge on any atom is 0.253 e. The van der Waals surface area contributed by atoms with Crippen molar-refractivity contribution in [3.8, 4) is 5.75 Å². The summed E-state index contributed by atoms with van der Waals surface area (Å²) in [6.07, 6.45) is 0.703. The molecule has 1 fully saturated rings. The molecule has 1 aliphatic heterocycles. The number of aromatic hydroxyl groups is 1. The van der Waals surface area contributed by atoms with Crippen LogP contribution in [0.2, 0.25) is 0 Å². The van der Waals surface area contributed by atoms with Crippen LogP contribution in [0.1, 0.15) is 31.5 Å². The van der Waals surface area contributed by atoms with Crippen LogP contribution in [0.15, 0.2) is 48.7 Å². The molecule has 2 heterocycles. The number of hydrogen-bond acceptors (Lipinski definition) is 7. The van der Waals surface area contributed by atoms with E-state index in [1.54, 1.807) is 24.4 Å². The first-order valence-electron chi connectivity index (χ1n) is 12.1. The van der Waals surface area contributed by atoms with Gasteiger partial charge in [-0.2, -0.15) is 0 Å². The predicted molar refractivity (Wildman–Crippen MR) is 134 cm³/mol. The molecule has 0 bridgehead atoms. The Morgan fingerprint density at radius 3 is 2.32 bits per heavy atom. The molecule has 1 saturated heterocycles. The van der Waals surface area contributed by atoms with E-state index in [4.69, 9.17) is 10.5 Å². The second kappa shape index (κ2) is 12.8. The van der Waals surface area contributed by atoms with Crippen LogP contribution in [0.3, 0.4) is 0 Å². The van der Waals surface area contributed by atoms with Gasteiger partial charge in [-0.1, -0.05) is 32.0 Å². The third-order valence-electron chi connectivity index (χ3n) is 5.79. The Labute approximate surface area is 215 Å². The van der Waals surface area contributed by atoms with Crippen molar-refractivity contribution in [3.05, 3.63) is 59.9 Å². The third kappa shape index (κ3) is 8.57. The molecule has 2 aromatic rings. The fourth-order valence-electron chi connectivity index (χ4n) is 3.79. The van der Waals surface area contributed by atoms with Crippen LogP contribution in [0.4, 0.5) is 0 Å². The van der Waals surface area contributed by atoms with Crippen molar-refractivity contribution in [1.29, 1.82) is 0 Å². The van der Waals surface area contributed by atoms with E-state index < -0.39 is 47.9 Å². The van der Waals surface area contributed by atoms with Crippen LogP contribution in [0.25, 0.3) is 0 Å². The third-order valence-corrected chi connectivity index (χ3v) is 5.79. The lowest BCUT2D eigenvalue weighted by atomic mass is 10.0. The van der Waals surface area contributed by atoms with Crippen molar-refractivity contribution in [3.63, 3.8) is 0 Å². The Balaban J connectivity index is 1.53. The van der Waals surface area contributed by atoms with Crippen LogP contribution >= 0.6 is 0 Å². The normalized spacial score (nSPS) is 17.9. The van der Waals surface area contributed by atoms with E-state index >= 15 is 0 Å². The lowest BCUT2D eigenvalue weighted by molar-refractivity contribution is -0.132. The van der Waals surface area contributed by atoms with Crippen molar-refractivity contribution >= 4 is 23.6 Å². The van der Waals surface area contributed by atoms with E-state index in [1.165, 1.54) is 12.1 Å². The molecule has 3 rings (SSSR count). The summed E-state index contributed by atoms with van der Waals surface area (Å²) in [6, 6.07) is 9.73. The summed E-state index contributed by atoms with van der Waals surface area (Å²) in [7, 11) is 0. The van der Waals surface area contributed by atoms with Crippen molar-refractivity contribution < 1.29 is 29.0 Å². The Morgan fingerprint density at radius 1 is 1.00 bits per heavy atom. The number of pyridine rings is 1. The Hall–Kier alpha value is -3.99. The summed E-state index contributed by atoms with van der Waals surface area (Å²) in [5.74, 6) is -2.18. The first kappa shape index (κ1) is 27.6. The molecule has 0 aliphatic carbocycles. The van der Waals surface area contributed by atoms with Crippen molar-refractivity contribution in [1.82, 2.24) is 20.9 Å². The average Bonchev–Trinajstić information content (AvgIpc) is 3.66. The van der Waals surface area contributed by atoms with E-state index in [9.17, 15) is 24.3 Å². The number of carbonyl (C=O) groups excluding carboxylic acids is 4. The number of nitrogens with zero attached hydrogens (tertiary/aromatic N) is 1. The predicted octanol–water partition coefficient (Wildman–Crippen LogP) is -0.0430. The van der Waals surface area contributed by atoms with Gasteiger partial charge in [0.05, 0.1) is 0 Å². The number of epoxide rings is 1. The standard InChI is InChI=1S/C26H33N5O6/c1-15(2)13-20(24(34)30-19(23(27)33)14-16-6-8-18(32)9-7-16)31-26(36)22-21(37-22)25(35)29-12-10-17-5-3-4-11-28-17/h3-9,11,15,19-22,32H,10,12-14H2,1-2H3,(H2,27,33)(H,29,35)(H,30,34)(H,31,36)/t19?,20-,21?,22?/m0/s1. The smallest absolute Gasteiger partial charge is 0.253 e. The molecule has 198 valence electrons. The molecule has 11 nitrogen and oxygen atoms in total. The number of nitrogens with two attached hydrogens (primary N) is 1. The Morgan fingerprint density at radius 2 is 1.70 bits per heavy atom. The van der Waals surface area contributed by atoms with Crippen molar-refractivity contribution in [2.24, 2.45) is 11.7 Å². The fourth-order valence-corrected chi connectivity index (χ4v) is 3.79. The van der Waals surface area contributed by atoms with Gasteiger partial charge in [0, 0.05) is 31.3 Å². The highest BCUT2D eigenvalue weighted by Crippen LogP contribution is 2.23. The molecule has 0 radical (unpaired) electrons. The molecule has 3 unspecified atom stereocenters. The summed E-state index contributed by atoms with van der Waals surface area (Å²) in [6.45, 7) is 4.12. The first-order valence-corrected chi connectivity index (χ1v) is 12.1. The minimum atomic E-state index is -1.02. The molecule has 4 amide bonds. The Kier molecular flexibility index (Phi) is 9.56. The zero-order valence-corrected chi connectivity index (χ0v) is 20.8. The lowest BCUT2D eigenvalue weighted by Gasteiger charge is -2.23. The number of primary amides is 1. The van der Waals surface area contributed by atoms with E-state index in [1.807, 2.05) is 26.0 Å². The number of benzene rings is 1. The van der Waals surface area contributed by atoms with Gasteiger partial charge in [0.2, 0.25) is 11.8 Å². The molecule has 0 spiro atoms. The van der Waals surface area contributed by atoms with Gasteiger partial charge in [0.25, 0.3) is 11.8 Å². The average molecular weight is 512 g/mol. The van der Waals surface area contributed by atoms with Crippen LogP contribution in [0.5, 0.6) is 5.75 Å². The maximum absolute atomic E-state index is 13.0. The molecule has 1 aromatic heterocycles. The number of aromatic nitrogens is 1. The fraction of sp³-hybridized carbons (Fsp3) is 0.423. The van der Waals surface area contributed by atoms with E-state index in [-0.39, 0.29) is 18.1 Å². The minimum absolute atomic E-state index is 0.0472. The number of rotatable bonds is 13. The van der Waals surface area contributed by atoms with Gasteiger partial charge in [0.15, 0.2) is 12.2 Å². The number of nitrogens with one attached hydrogen (secondary N) is 3. The Bertz CT molecular complexity index is 1090. The van der Waals surface area contributed by atoms with Crippen molar-refractivity contribution in [2.75, 3.05) is 6.54 Å². The minimum Gasteiger partial charge on any atom is -0.508 e. The number of hydrogen-bond donors (Lipinski definition) is 5. The molecule has 1 aromatic carbocycles. The first-order chi connectivity index (χ1) is 17.6. The number of phenols is 1. The number of carbonyl (C=O) groups is 4. The number of ether oxygens (including phenoxy) is 1. The van der Waals surface area contributed by atoms with E-state index in [2.05, 4.69) is 20.9 Å². The van der Waals surface area contributed by atoms with Crippen LogP contribution in [0, 0.1) is 5.92 Å². The summed E-state index contributed by atoms with van der Waals surface area (Å²) in [4.78, 5) is 54.3. The topological polar surface area (TPSA) is 176 Å². The SMILES string of the molecule is CC(C)C[C@H](NC(=O)C1OC1C(=O)NCCc1ccccn1)C(=O)NC(Cc1ccc(O)cc1)C(N)=O. The molecule has 1 aliphatic rings. The van der Waals surface area contributed by atoms with Gasteiger partial charge in [-0.3, -0.25) is 24.2 Å². The quantitative estimate of drug-likeness (QED) is 0.234. The molecule has 37 heavy (non-hydrogen) atoms. The molecular weight excluding hydrogens is 478 g/mol. The molecule has 4 atom stereocenters. The maximum atomic E-state index is 13.0. The zero-order chi connectivity index (χ0) is 26.9. The van der Waals surface area contributed by atoms with Crippen LogP contribution < -0.4 is 21.7 Å². The summed E-state index contributed by atoms with van der Waals surface area (Å²) in [5.41, 5.74) is 7.01. The zero-order valence-electron chi connectivity index (χ0n) is 20.8. The molecule has 6 N–H and O–H groups in total. The van der Waals surface area contributed by atoms with Gasteiger partial charge < -0.3 is 31.5 Å². The molecule has 11 heteroatoms. The largest absolute Gasteiger partial charge is 0.508 e. The summed E-state index contributed by atoms with van der Waals surface area (Å²) < 4.78 is 5.27. The van der Waals surface area contributed by atoms with Crippen LogP contribution in [-0.4, -0.2) is 64.6 Å². The van der Waals surface area contributed by atoms with E-state index in [0.717, 1.165) is 5.69 Å². The number of phenolic OH excluding ortho intramolecular Hbond substituents is 1. The van der Waals surface area contributed by atoms with Gasteiger partial charge >= 0.3 is 0 Å². The van der Waals surface area contributed by atoms with Crippen molar-refractivity contribution in [2.45, 2.75) is 57.4 Å². The summed E-state index contributed by atoms with van der Waals surface area (Å²) in [5, 5.41) is 17.4. The highest BCUT2D eigenvalue weighted by Gasteiger charge is 2.50. The second-order valence-corrected chi connectivity index (χ2v) is 9.36. The van der Waals surface area contributed by atoms with Gasteiger partial charge in [-0.25, -0.2) is 0 Å². The second-order valence-electron chi connectivity index (χ2n) is 9.36.